The standard InChI is InChI=1S/C22H26N2O4S2/c1-22(21(26)23-30(27,28)19-8-5-15-29-19)13-14-24(22)20(25)18-11-9-17(10-12-18)16-6-3-2-4-7-16/h5,8-12,15-16H,2-4,6-7,13-14H2,1H3,(H,23,26). The zero-order valence-electron chi connectivity index (χ0n) is 17.0. The smallest absolute Gasteiger partial charge is 0.273 e. The molecule has 2 amide bonds. The lowest BCUT2D eigenvalue weighted by Gasteiger charge is -2.48. The molecular formula is C22H26N2O4S2. The maximum absolute atomic E-state index is 13.0. The van der Waals surface area contributed by atoms with Crippen LogP contribution in [0.15, 0.2) is 46.0 Å². The maximum atomic E-state index is 13.0. The molecule has 1 aromatic heterocycles. The number of sulfonamides is 1. The molecule has 0 radical (unpaired) electrons. The van der Waals surface area contributed by atoms with E-state index in [0.717, 1.165) is 11.3 Å². The predicted molar refractivity (Wildman–Crippen MR) is 116 cm³/mol. The summed E-state index contributed by atoms with van der Waals surface area (Å²) in [5.74, 6) is -0.359. The van der Waals surface area contributed by atoms with Gasteiger partial charge in [-0.05, 0) is 61.2 Å². The number of hydrogen-bond donors (Lipinski definition) is 1. The lowest BCUT2D eigenvalue weighted by atomic mass is 9.83. The molecule has 30 heavy (non-hydrogen) atoms. The Morgan fingerprint density at radius 2 is 1.80 bits per heavy atom. The molecule has 8 heteroatoms. The average Bonchev–Trinajstić information content (AvgIpc) is 3.29. The molecule has 2 aliphatic rings. The largest absolute Gasteiger partial charge is 0.324 e. The van der Waals surface area contributed by atoms with Gasteiger partial charge in [0.2, 0.25) is 0 Å². The molecule has 4 rings (SSSR count). The summed E-state index contributed by atoms with van der Waals surface area (Å²) in [5.41, 5.74) is 0.607. The summed E-state index contributed by atoms with van der Waals surface area (Å²) in [6, 6.07) is 10.7. The van der Waals surface area contributed by atoms with E-state index >= 15 is 0 Å². The lowest BCUT2D eigenvalue weighted by molar-refractivity contribution is -0.135. The molecule has 2 heterocycles. The molecular weight excluding hydrogens is 420 g/mol. The van der Waals surface area contributed by atoms with E-state index in [-0.39, 0.29) is 10.1 Å². The highest BCUT2D eigenvalue weighted by molar-refractivity contribution is 7.92. The van der Waals surface area contributed by atoms with Crippen molar-refractivity contribution in [1.82, 2.24) is 9.62 Å². The van der Waals surface area contributed by atoms with E-state index in [1.165, 1.54) is 48.6 Å². The number of carbonyl (C=O) groups is 2. The molecule has 1 N–H and O–H groups in total. The van der Waals surface area contributed by atoms with Gasteiger partial charge in [-0.25, -0.2) is 13.1 Å². The zero-order chi connectivity index (χ0) is 21.4. The van der Waals surface area contributed by atoms with Crippen LogP contribution in [0.4, 0.5) is 0 Å². The number of rotatable bonds is 5. The van der Waals surface area contributed by atoms with Crippen LogP contribution in [0.3, 0.4) is 0 Å². The van der Waals surface area contributed by atoms with Crippen LogP contribution in [0, 0.1) is 0 Å². The summed E-state index contributed by atoms with van der Waals surface area (Å²) in [5, 5.41) is 1.64. The van der Waals surface area contributed by atoms with Gasteiger partial charge in [-0.3, -0.25) is 9.59 Å². The molecule has 1 aliphatic carbocycles. The van der Waals surface area contributed by atoms with Gasteiger partial charge < -0.3 is 4.90 Å². The minimum Gasteiger partial charge on any atom is -0.324 e. The number of likely N-dealkylation sites (tertiary alicyclic amines) is 1. The third-order valence-electron chi connectivity index (χ3n) is 6.37. The monoisotopic (exact) mass is 446 g/mol. The predicted octanol–water partition coefficient (Wildman–Crippen LogP) is 3.91. The Hall–Kier alpha value is -2.19. The van der Waals surface area contributed by atoms with Crippen molar-refractivity contribution in [1.29, 1.82) is 0 Å². The summed E-state index contributed by atoms with van der Waals surface area (Å²) < 4.78 is 27.0. The molecule has 1 aromatic carbocycles. The Morgan fingerprint density at radius 1 is 1.10 bits per heavy atom. The third-order valence-corrected chi connectivity index (χ3v) is 9.10. The topological polar surface area (TPSA) is 83.6 Å². The molecule has 0 bridgehead atoms. The first-order valence-corrected chi connectivity index (χ1v) is 12.7. The quantitative estimate of drug-likeness (QED) is 0.755. The van der Waals surface area contributed by atoms with Crippen LogP contribution in [-0.2, 0) is 14.8 Å². The Bertz CT molecular complexity index is 1030. The Labute approximate surface area is 181 Å². The minimum atomic E-state index is -3.93. The fraction of sp³-hybridized carbons (Fsp3) is 0.455. The van der Waals surface area contributed by atoms with Crippen molar-refractivity contribution >= 4 is 33.2 Å². The van der Waals surface area contributed by atoms with E-state index in [0.29, 0.717) is 24.4 Å². The molecule has 160 valence electrons. The fourth-order valence-corrected chi connectivity index (χ4v) is 6.38. The highest BCUT2D eigenvalue weighted by atomic mass is 32.2. The molecule has 1 saturated heterocycles. The lowest BCUT2D eigenvalue weighted by Crippen LogP contribution is -2.67. The van der Waals surface area contributed by atoms with E-state index < -0.39 is 21.5 Å². The van der Waals surface area contributed by atoms with Gasteiger partial charge in [0.05, 0.1) is 0 Å². The number of carbonyl (C=O) groups excluding carboxylic acids is 2. The van der Waals surface area contributed by atoms with Crippen molar-refractivity contribution in [2.75, 3.05) is 6.54 Å². The van der Waals surface area contributed by atoms with Crippen LogP contribution in [0.5, 0.6) is 0 Å². The highest BCUT2D eigenvalue weighted by Gasteiger charge is 2.50. The van der Waals surface area contributed by atoms with Gasteiger partial charge in [-0.1, -0.05) is 37.5 Å². The first-order chi connectivity index (χ1) is 14.3. The minimum absolute atomic E-state index is 0.0787. The van der Waals surface area contributed by atoms with Gasteiger partial charge in [0, 0.05) is 12.1 Å². The Morgan fingerprint density at radius 3 is 2.37 bits per heavy atom. The first-order valence-electron chi connectivity index (χ1n) is 10.3. The van der Waals surface area contributed by atoms with Gasteiger partial charge >= 0.3 is 0 Å². The number of hydrogen-bond acceptors (Lipinski definition) is 5. The molecule has 6 nitrogen and oxygen atoms in total. The van der Waals surface area contributed by atoms with Gasteiger partial charge in [0.1, 0.15) is 9.75 Å². The molecule has 1 atom stereocenters. The SMILES string of the molecule is CC1(C(=O)NS(=O)(=O)c2cccs2)CCN1C(=O)c1ccc(C2CCCCC2)cc1. The summed E-state index contributed by atoms with van der Waals surface area (Å²) in [6.45, 7) is 2.04. The van der Waals surface area contributed by atoms with E-state index in [9.17, 15) is 18.0 Å². The van der Waals surface area contributed by atoms with Gasteiger partial charge in [0.15, 0.2) is 0 Å². The van der Waals surface area contributed by atoms with E-state index in [1.807, 2.05) is 24.3 Å². The number of thiophene rings is 1. The summed E-state index contributed by atoms with van der Waals surface area (Å²) in [7, 11) is -3.93. The number of benzene rings is 1. The summed E-state index contributed by atoms with van der Waals surface area (Å²) in [6.07, 6.45) is 6.60. The summed E-state index contributed by atoms with van der Waals surface area (Å²) in [4.78, 5) is 27.3. The van der Waals surface area contributed by atoms with Crippen molar-refractivity contribution in [3.63, 3.8) is 0 Å². The van der Waals surface area contributed by atoms with Crippen LogP contribution < -0.4 is 4.72 Å². The van der Waals surface area contributed by atoms with Crippen molar-refractivity contribution in [2.24, 2.45) is 0 Å². The Kier molecular flexibility index (Phi) is 5.72. The second-order valence-corrected chi connectivity index (χ2v) is 11.2. The van der Waals surface area contributed by atoms with Crippen molar-refractivity contribution in [3.05, 3.63) is 52.9 Å². The molecule has 1 saturated carbocycles. The van der Waals surface area contributed by atoms with E-state index in [1.54, 1.807) is 18.4 Å². The van der Waals surface area contributed by atoms with E-state index in [4.69, 9.17) is 0 Å². The van der Waals surface area contributed by atoms with Crippen molar-refractivity contribution in [3.8, 4) is 0 Å². The Balaban J connectivity index is 1.46. The molecule has 1 unspecified atom stereocenters. The maximum Gasteiger partial charge on any atom is 0.273 e. The van der Waals surface area contributed by atoms with Crippen LogP contribution in [0.25, 0.3) is 0 Å². The van der Waals surface area contributed by atoms with Crippen LogP contribution in [0.1, 0.15) is 67.3 Å². The normalized spacial score (nSPS) is 22.4. The highest BCUT2D eigenvalue weighted by Crippen LogP contribution is 2.35. The molecule has 2 fully saturated rings. The van der Waals surface area contributed by atoms with Crippen molar-refractivity contribution in [2.45, 2.75) is 61.1 Å². The summed E-state index contributed by atoms with van der Waals surface area (Å²) >= 11 is 1.04. The number of nitrogens with one attached hydrogen (secondary N) is 1. The van der Waals surface area contributed by atoms with Gasteiger partial charge in [0.25, 0.3) is 21.8 Å². The number of amides is 2. The van der Waals surface area contributed by atoms with E-state index in [2.05, 4.69) is 4.72 Å². The molecule has 1 aliphatic heterocycles. The van der Waals surface area contributed by atoms with Crippen LogP contribution >= 0.6 is 11.3 Å². The molecule has 2 aromatic rings. The number of nitrogens with zero attached hydrogens (tertiary/aromatic N) is 1. The second-order valence-electron chi connectivity index (χ2n) is 8.30. The third kappa shape index (κ3) is 3.90. The van der Waals surface area contributed by atoms with Crippen LogP contribution in [-0.4, -0.2) is 37.2 Å². The fourth-order valence-electron chi connectivity index (χ4n) is 4.31. The van der Waals surface area contributed by atoms with Crippen molar-refractivity contribution < 1.29 is 18.0 Å². The van der Waals surface area contributed by atoms with Gasteiger partial charge in [-0.15, -0.1) is 11.3 Å². The average molecular weight is 447 g/mol. The van der Waals surface area contributed by atoms with Gasteiger partial charge in [-0.2, -0.15) is 0 Å². The first kappa shape index (κ1) is 21.1. The van der Waals surface area contributed by atoms with Crippen LogP contribution in [0.2, 0.25) is 0 Å². The molecule has 0 spiro atoms. The second kappa shape index (κ2) is 8.15. The zero-order valence-corrected chi connectivity index (χ0v) is 18.6.